The Morgan fingerprint density at radius 2 is 1.45 bits per heavy atom. The van der Waals surface area contributed by atoms with Gasteiger partial charge in [0, 0.05) is 5.39 Å². The SMILES string of the molecule is C[Si](C)(C)c1ccc(C(=O)O)c2c(C(=O)O)cccc12. The normalized spacial score (nSPS) is 11.6. The summed E-state index contributed by atoms with van der Waals surface area (Å²) in [5.74, 6) is -2.21. The summed E-state index contributed by atoms with van der Waals surface area (Å²) in [6, 6.07) is 8.27. The molecule has 2 N–H and O–H groups in total. The summed E-state index contributed by atoms with van der Waals surface area (Å²) < 4.78 is 0. The van der Waals surface area contributed by atoms with Crippen LogP contribution in [0.15, 0.2) is 30.3 Å². The maximum absolute atomic E-state index is 11.4. The van der Waals surface area contributed by atoms with Crippen molar-refractivity contribution in [3.05, 3.63) is 41.5 Å². The van der Waals surface area contributed by atoms with E-state index in [0.29, 0.717) is 5.39 Å². The molecule has 2 aromatic carbocycles. The molecule has 0 aliphatic carbocycles. The number of benzene rings is 2. The second-order valence-corrected chi connectivity index (χ2v) is 10.8. The Morgan fingerprint density at radius 3 is 1.95 bits per heavy atom. The van der Waals surface area contributed by atoms with Crippen LogP contribution >= 0.6 is 0 Å². The fourth-order valence-corrected chi connectivity index (χ4v) is 4.02. The molecule has 0 aromatic heterocycles. The van der Waals surface area contributed by atoms with Crippen LogP contribution in [0.1, 0.15) is 20.7 Å². The number of aromatic carboxylic acids is 2. The molecule has 0 heterocycles. The van der Waals surface area contributed by atoms with E-state index in [-0.39, 0.29) is 11.1 Å². The number of hydrogen-bond donors (Lipinski definition) is 2. The van der Waals surface area contributed by atoms with Crippen LogP contribution in [-0.4, -0.2) is 30.2 Å². The molecule has 4 nitrogen and oxygen atoms in total. The molecule has 0 saturated carbocycles. The molecule has 0 aliphatic rings. The summed E-state index contributed by atoms with van der Waals surface area (Å²) in [5.41, 5.74) is 0.0833. The highest BCUT2D eigenvalue weighted by Crippen LogP contribution is 2.24. The second kappa shape index (κ2) is 4.75. The number of carboxylic acids is 2. The van der Waals surface area contributed by atoms with E-state index in [1.165, 1.54) is 12.1 Å². The second-order valence-electron chi connectivity index (χ2n) is 5.75. The fraction of sp³-hybridized carbons (Fsp3) is 0.200. The maximum atomic E-state index is 11.4. The van der Waals surface area contributed by atoms with E-state index < -0.39 is 20.0 Å². The molecule has 0 fully saturated rings. The first-order chi connectivity index (χ1) is 9.23. The zero-order valence-corrected chi connectivity index (χ0v) is 12.6. The molecular weight excluding hydrogens is 272 g/mol. The van der Waals surface area contributed by atoms with E-state index in [1.807, 2.05) is 12.1 Å². The monoisotopic (exact) mass is 288 g/mol. The lowest BCUT2D eigenvalue weighted by molar-refractivity contribution is 0.0695. The average molecular weight is 288 g/mol. The first-order valence-corrected chi connectivity index (χ1v) is 9.76. The summed E-state index contributed by atoms with van der Waals surface area (Å²) in [6.45, 7) is 6.45. The number of carbonyl (C=O) groups is 2. The summed E-state index contributed by atoms with van der Waals surface area (Å²) in [7, 11) is -1.70. The van der Waals surface area contributed by atoms with Crippen molar-refractivity contribution < 1.29 is 19.8 Å². The van der Waals surface area contributed by atoms with Gasteiger partial charge >= 0.3 is 11.9 Å². The third-order valence-corrected chi connectivity index (χ3v) is 5.36. The van der Waals surface area contributed by atoms with E-state index in [4.69, 9.17) is 0 Å². The van der Waals surface area contributed by atoms with Crippen molar-refractivity contribution >= 4 is 36.0 Å². The first kappa shape index (κ1) is 14.3. The van der Waals surface area contributed by atoms with Gasteiger partial charge in [0.25, 0.3) is 0 Å². The molecule has 20 heavy (non-hydrogen) atoms. The molecule has 104 valence electrons. The highest BCUT2D eigenvalue weighted by molar-refractivity contribution is 6.90. The van der Waals surface area contributed by atoms with Crippen molar-refractivity contribution in [3.8, 4) is 0 Å². The van der Waals surface area contributed by atoms with E-state index in [9.17, 15) is 19.8 Å². The summed E-state index contributed by atoms with van der Waals surface area (Å²) in [5, 5.41) is 20.7. The molecule has 0 aliphatic heterocycles. The number of rotatable bonds is 3. The molecule has 0 bridgehead atoms. The molecule has 0 spiro atoms. The van der Waals surface area contributed by atoms with Crippen LogP contribution in [0.3, 0.4) is 0 Å². The molecule has 2 rings (SSSR count). The Morgan fingerprint density at radius 1 is 0.900 bits per heavy atom. The van der Waals surface area contributed by atoms with Crippen LogP contribution < -0.4 is 5.19 Å². The lowest BCUT2D eigenvalue weighted by Gasteiger charge is -2.20. The molecule has 0 radical (unpaired) electrons. The van der Waals surface area contributed by atoms with Crippen molar-refractivity contribution in [3.63, 3.8) is 0 Å². The fourth-order valence-electron chi connectivity index (χ4n) is 2.42. The quantitative estimate of drug-likeness (QED) is 0.852. The van der Waals surface area contributed by atoms with Gasteiger partial charge in [0.1, 0.15) is 0 Å². The molecule has 2 aromatic rings. The van der Waals surface area contributed by atoms with Crippen molar-refractivity contribution in [1.29, 1.82) is 0 Å². The number of carboxylic acid groups (broad SMARTS) is 2. The lowest BCUT2D eigenvalue weighted by atomic mass is 9.99. The minimum atomic E-state index is -1.70. The lowest BCUT2D eigenvalue weighted by Crippen LogP contribution is -2.38. The smallest absolute Gasteiger partial charge is 0.336 e. The highest BCUT2D eigenvalue weighted by atomic mass is 28.3. The zero-order valence-electron chi connectivity index (χ0n) is 11.6. The van der Waals surface area contributed by atoms with E-state index in [2.05, 4.69) is 19.6 Å². The van der Waals surface area contributed by atoms with Crippen LogP contribution in [0, 0.1) is 0 Å². The Hall–Kier alpha value is -2.14. The third kappa shape index (κ3) is 2.32. The molecule has 5 heteroatoms. The van der Waals surface area contributed by atoms with Crippen LogP contribution in [0.4, 0.5) is 0 Å². The van der Waals surface area contributed by atoms with Gasteiger partial charge in [-0.3, -0.25) is 0 Å². The zero-order chi connectivity index (χ0) is 15.1. The molecular formula is C15H16O4Si. The van der Waals surface area contributed by atoms with Crippen molar-refractivity contribution in [2.24, 2.45) is 0 Å². The van der Waals surface area contributed by atoms with Gasteiger partial charge in [-0.25, -0.2) is 9.59 Å². The number of fused-ring (bicyclic) bond motifs is 1. The average Bonchev–Trinajstić information content (AvgIpc) is 2.34. The summed E-state index contributed by atoms with van der Waals surface area (Å²) in [4.78, 5) is 22.7. The molecule has 0 atom stereocenters. The van der Waals surface area contributed by atoms with Crippen molar-refractivity contribution in [2.75, 3.05) is 0 Å². The standard InChI is InChI=1S/C15H16O4Si/c1-20(2,3)12-8-7-11(15(18)19)13-9(12)5-4-6-10(13)14(16)17/h4-8H,1-3H3,(H,16,17)(H,18,19). The number of hydrogen-bond acceptors (Lipinski definition) is 2. The molecule has 0 amide bonds. The van der Waals surface area contributed by atoms with Gasteiger partial charge in [-0.15, -0.1) is 0 Å². The van der Waals surface area contributed by atoms with Crippen LogP contribution in [0.2, 0.25) is 19.6 Å². The maximum Gasteiger partial charge on any atom is 0.336 e. The minimum Gasteiger partial charge on any atom is -0.478 e. The Balaban J connectivity index is 3.00. The van der Waals surface area contributed by atoms with Gasteiger partial charge in [0.05, 0.1) is 19.2 Å². The van der Waals surface area contributed by atoms with Gasteiger partial charge in [-0.1, -0.05) is 43.0 Å². The van der Waals surface area contributed by atoms with Crippen LogP contribution in [-0.2, 0) is 0 Å². The van der Waals surface area contributed by atoms with Gasteiger partial charge in [0.2, 0.25) is 0 Å². The van der Waals surface area contributed by atoms with Crippen molar-refractivity contribution in [2.45, 2.75) is 19.6 Å². The highest BCUT2D eigenvalue weighted by Gasteiger charge is 2.24. The van der Waals surface area contributed by atoms with Gasteiger partial charge in [-0.2, -0.15) is 0 Å². The first-order valence-electron chi connectivity index (χ1n) is 6.26. The predicted octanol–water partition coefficient (Wildman–Crippen LogP) is 2.78. The third-order valence-electron chi connectivity index (χ3n) is 3.31. The van der Waals surface area contributed by atoms with Gasteiger partial charge in [-0.05, 0) is 17.5 Å². The van der Waals surface area contributed by atoms with Crippen LogP contribution in [0.25, 0.3) is 10.8 Å². The summed E-state index contributed by atoms with van der Waals surface area (Å²) in [6.07, 6.45) is 0. The Bertz CT molecular complexity index is 693. The minimum absolute atomic E-state index is 0.0417. The topological polar surface area (TPSA) is 74.6 Å². The summed E-state index contributed by atoms with van der Waals surface area (Å²) >= 11 is 0. The van der Waals surface area contributed by atoms with Crippen molar-refractivity contribution in [1.82, 2.24) is 0 Å². The van der Waals surface area contributed by atoms with Gasteiger partial charge < -0.3 is 10.2 Å². The van der Waals surface area contributed by atoms with E-state index in [0.717, 1.165) is 10.6 Å². The molecule has 0 saturated heterocycles. The van der Waals surface area contributed by atoms with Crippen LogP contribution in [0.5, 0.6) is 0 Å². The predicted molar refractivity (Wildman–Crippen MR) is 80.8 cm³/mol. The Labute approximate surface area is 117 Å². The Kier molecular flexibility index (Phi) is 3.39. The van der Waals surface area contributed by atoms with E-state index in [1.54, 1.807) is 6.07 Å². The largest absolute Gasteiger partial charge is 0.478 e. The van der Waals surface area contributed by atoms with E-state index >= 15 is 0 Å². The molecule has 0 unspecified atom stereocenters. The van der Waals surface area contributed by atoms with Gasteiger partial charge in [0.15, 0.2) is 0 Å².